The number of hydrogen-bond acceptors (Lipinski definition) is 5. The standard InChI is InChI=1S/C20H22F3N3O4S/c21-20(22,23)30-17-4-1-5-18(13-17)31(28,29)26-11-7-16(8-12-26)19(27)25-10-6-15-3-2-9-24-14-15/h1-5,9,13-14,16H,6-8,10-12H2,(H,25,27). The minimum absolute atomic E-state index is 0.105. The predicted octanol–water partition coefficient (Wildman–Crippen LogP) is 2.74. The van der Waals surface area contributed by atoms with Gasteiger partial charge in [-0.05, 0) is 43.0 Å². The number of piperidine rings is 1. The van der Waals surface area contributed by atoms with Gasteiger partial charge >= 0.3 is 6.36 Å². The van der Waals surface area contributed by atoms with Gasteiger partial charge in [0, 0.05) is 44.0 Å². The average Bonchev–Trinajstić information content (AvgIpc) is 2.73. The summed E-state index contributed by atoms with van der Waals surface area (Å²) in [5, 5.41) is 2.86. The number of aromatic nitrogens is 1. The molecule has 0 radical (unpaired) electrons. The van der Waals surface area contributed by atoms with Gasteiger partial charge in [-0.3, -0.25) is 9.78 Å². The Morgan fingerprint density at radius 2 is 1.94 bits per heavy atom. The first-order valence-corrected chi connectivity index (χ1v) is 11.1. The molecule has 1 saturated heterocycles. The van der Waals surface area contributed by atoms with Gasteiger partial charge in [0.1, 0.15) is 5.75 Å². The van der Waals surface area contributed by atoms with Crippen LogP contribution in [0.1, 0.15) is 18.4 Å². The van der Waals surface area contributed by atoms with Crippen molar-refractivity contribution in [1.82, 2.24) is 14.6 Å². The molecule has 0 bridgehead atoms. The smallest absolute Gasteiger partial charge is 0.406 e. The highest BCUT2D eigenvalue weighted by atomic mass is 32.2. The van der Waals surface area contributed by atoms with Crippen LogP contribution in [0.15, 0.2) is 53.7 Å². The van der Waals surface area contributed by atoms with Crippen LogP contribution in [0, 0.1) is 5.92 Å². The highest BCUT2D eigenvalue weighted by Gasteiger charge is 2.34. The second kappa shape index (κ2) is 9.65. The van der Waals surface area contributed by atoms with E-state index in [0.29, 0.717) is 25.8 Å². The number of alkyl halides is 3. The normalized spacial score (nSPS) is 16.1. The fraction of sp³-hybridized carbons (Fsp3) is 0.400. The number of nitrogens with one attached hydrogen (secondary N) is 1. The lowest BCUT2D eigenvalue weighted by Gasteiger charge is -2.30. The van der Waals surface area contributed by atoms with E-state index in [1.54, 1.807) is 12.4 Å². The van der Waals surface area contributed by atoms with E-state index < -0.39 is 22.1 Å². The summed E-state index contributed by atoms with van der Waals surface area (Å²) in [6.07, 6.45) is -0.213. The molecule has 0 unspecified atom stereocenters. The van der Waals surface area contributed by atoms with Gasteiger partial charge in [0.2, 0.25) is 15.9 Å². The molecular weight excluding hydrogens is 435 g/mol. The van der Waals surface area contributed by atoms with E-state index in [1.165, 1.54) is 16.4 Å². The molecule has 1 aliphatic rings. The summed E-state index contributed by atoms with van der Waals surface area (Å²) < 4.78 is 67.8. The maximum absolute atomic E-state index is 12.8. The van der Waals surface area contributed by atoms with Crippen molar-refractivity contribution in [2.45, 2.75) is 30.5 Å². The number of sulfonamides is 1. The summed E-state index contributed by atoms with van der Waals surface area (Å²) in [6, 6.07) is 8.02. The number of nitrogens with zero attached hydrogens (tertiary/aromatic N) is 2. The van der Waals surface area contributed by atoms with Gasteiger partial charge in [0.25, 0.3) is 0 Å². The van der Waals surface area contributed by atoms with E-state index >= 15 is 0 Å². The van der Waals surface area contributed by atoms with E-state index in [9.17, 15) is 26.4 Å². The van der Waals surface area contributed by atoms with Crippen molar-refractivity contribution in [3.8, 4) is 5.75 Å². The van der Waals surface area contributed by atoms with E-state index in [-0.39, 0.29) is 29.8 Å². The monoisotopic (exact) mass is 457 g/mol. The minimum Gasteiger partial charge on any atom is -0.406 e. The van der Waals surface area contributed by atoms with Crippen LogP contribution in [-0.4, -0.2) is 49.6 Å². The van der Waals surface area contributed by atoms with Gasteiger partial charge in [-0.2, -0.15) is 4.31 Å². The van der Waals surface area contributed by atoms with Gasteiger partial charge < -0.3 is 10.1 Å². The number of halogens is 3. The number of pyridine rings is 1. The second-order valence-electron chi connectivity index (χ2n) is 7.10. The molecule has 1 fully saturated rings. The summed E-state index contributed by atoms with van der Waals surface area (Å²) in [5.74, 6) is -1.06. The summed E-state index contributed by atoms with van der Waals surface area (Å²) in [4.78, 5) is 16.1. The summed E-state index contributed by atoms with van der Waals surface area (Å²) in [7, 11) is -3.99. The van der Waals surface area contributed by atoms with Gasteiger partial charge in [-0.15, -0.1) is 13.2 Å². The number of carbonyl (C=O) groups excluding carboxylic acids is 1. The first-order chi connectivity index (χ1) is 14.6. The number of amides is 1. The number of rotatable bonds is 7. The van der Waals surface area contributed by atoms with Crippen LogP contribution in [0.4, 0.5) is 13.2 Å². The molecule has 1 aromatic carbocycles. The van der Waals surface area contributed by atoms with Crippen LogP contribution in [0.3, 0.4) is 0 Å². The van der Waals surface area contributed by atoms with Crippen molar-refractivity contribution < 1.29 is 31.1 Å². The number of ether oxygens (including phenoxy) is 1. The molecule has 1 amide bonds. The molecule has 0 saturated carbocycles. The van der Waals surface area contributed by atoms with E-state index in [1.807, 2.05) is 12.1 Å². The van der Waals surface area contributed by atoms with Crippen molar-refractivity contribution in [3.63, 3.8) is 0 Å². The largest absolute Gasteiger partial charge is 0.573 e. The van der Waals surface area contributed by atoms with Gasteiger partial charge in [-0.1, -0.05) is 12.1 Å². The van der Waals surface area contributed by atoms with Crippen LogP contribution in [0.5, 0.6) is 5.75 Å². The zero-order chi connectivity index (χ0) is 22.5. The lowest BCUT2D eigenvalue weighted by Crippen LogP contribution is -2.43. The minimum atomic E-state index is -4.91. The van der Waals surface area contributed by atoms with E-state index in [0.717, 1.165) is 17.7 Å². The maximum Gasteiger partial charge on any atom is 0.573 e. The number of hydrogen-bond donors (Lipinski definition) is 1. The summed E-state index contributed by atoms with van der Waals surface area (Å²) >= 11 is 0. The molecule has 1 aromatic heterocycles. The van der Waals surface area contributed by atoms with Crippen LogP contribution in [-0.2, 0) is 21.2 Å². The highest BCUT2D eigenvalue weighted by Crippen LogP contribution is 2.28. The van der Waals surface area contributed by atoms with Crippen molar-refractivity contribution in [2.24, 2.45) is 5.92 Å². The Morgan fingerprint density at radius 1 is 1.19 bits per heavy atom. The first kappa shape index (κ1) is 23.0. The molecule has 3 rings (SSSR count). The Morgan fingerprint density at radius 3 is 2.58 bits per heavy atom. The molecule has 0 aliphatic carbocycles. The van der Waals surface area contributed by atoms with Crippen molar-refractivity contribution >= 4 is 15.9 Å². The molecule has 7 nitrogen and oxygen atoms in total. The highest BCUT2D eigenvalue weighted by molar-refractivity contribution is 7.89. The Hall–Kier alpha value is -2.66. The fourth-order valence-electron chi connectivity index (χ4n) is 3.36. The van der Waals surface area contributed by atoms with E-state index in [4.69, 9.17) is 0 Å². The Bertz CT molecular complexity index is 992. The zero-order valence-corrected chi connectivity index (χ0v) is 17.3. The van der Waals surface area contributed by atoms with Crippen molar-refractivity contribution in [3.05, 3.63) is 54.4 Å². The topological polar surface area (TPSA) is 88.6 Å². The molecule has 31 heavy (non-hydrogen) atoms. The van der Waals surface area contributed by atoms with Crippen LogP contribution < -0.4 is 10.1 Å². The van der Waals surface area contributed by atoms with Gasteiger partial charge in [0.05, 0.1) is 4.90 Å². The Kier molecular flexibility index (Phi) is 7.16. The van der Waals surface area contributed by atoms with Gasteiger partial charge in [0.15, 0.2) is 0 Å². The molecule has 11 heteroatoms. The van der Waals surface area contributed by atoms with Crippen LogP contribution in [0.2, 0.25) is 0 Å². The first-order valence-electron chi connectivity index (χ1n) is 9.68. The lowest BCUT2D eigenvalue weighted by molar-refractivity contribution is -0.274. The van der Waals surface area contributed by atoms with Crippen molar-refractivity contribution in [2.75, 3.05) is 19.6 Å². The average molecular weight is 457 g/mol. The molecular formula is C20H22F3N3O4S. The van der Waals surface area contributed by atoms with E-state index in [2.05, 4.69) is 15.0 Å². The fourth-order valence-corrected chi connectivity index (χ4v) is 4.86. The lowest BCUT2D eigenvalue weighted by atomic mass is 9.97. The molecule has 1 aliphatic heterocycles. The number of benzene rings is 1. The molecule has 1 N–H and O–H groups in total. The molecule has 0 spiro atoms. The zero-order valence-electron chi connectivity index (χ0n) is 16.5. The van der Waals surface area contributed by atoms with Crippen molar-refractivity contribution in [1.29, 1.82) is 0 Å². The molecule has 2 aromatic rings. The van der Waals surface area contributed by atoms with Gasteiger partial charge in [-0.25, -0.2) is 8.42 Å². The Labute approximate surface area is 178 Å². The molecule has 168 valence electrons. The van der Waals surface area contributed by atoms with Crippen LogP contribution >= 0.6 is 0 Å². The third kappa shape index (κ3) is 6.41. The SMILES string of the molecule is O=C(NCCc1cccnc1)C1CCN(S(=O)(=O)c2cccc(OC(F)(F)F)c2)CC1. The quantitative estimate of drug-likeness (QED) is 0.691. The summed E-state index contributed by atoms with van der Waals surface area (Å²) in [6.45, 7) is 0.662. The number of carbonyl (C=O) groups is 1. The Balaban J connectivity index is 1.53. The molecule has 0 atom stereocenters. The third-order valence-electron chi connectivity index (χ3n) is 4.94. The maximum atomic E-state index is 12.8. The molecule has 2 heterocycles. The van der Waals surface area contributed by atoms with Crippen LogP contribution in [0.25, 0.3) is 0 Å². The summed E-state index contributed by atoms with van der Waals surface area (Å²) in [5.41, 5.74) is 1.00. The second-order valence-corrected chi connectivity index (χ2v) is 9.04. The predicted molar refractivity (Wildman–Crippen MR) is 106 cm³/mol. The third-order valence-corrected chi connectivity index (χ3v) is 6.83.